The Bertz CT molecular complexity index is 113. The van der Waals surface area contributed by atoms with Gasteiger partial charge in [-0.15, -0.1) is 5.60 Å². The fraction of sp³-hybridized carbons (Fsp3) is 1.00. The van der Waals surface area contributed by atoms with Crippen LogP contribution in [0.5, 0.6) is 0 Å². The van der Waals surface area contributed by atoms with Gasteiger partial charge in [0.2, 0.25) is 0 Å². The molecule has 0 heterocycles. The minimum atomic E-state index is -0.505. The Morgan fingerprint density at radius 1 is 1.15 bits per heavy atom. The molecular formula is C10H19IMgO. The van der Waals surface area contributed by atoms with Crippen molar-refractivity contribution in [2.75, 3.05) is 0 Å². The Balaban J connectivity index is 0. The SMILES string of the molecule is CCCCCC1([O-])CCCC1.[I-].[Mg+2]. The molecule has 0 amide bonds. The van der Waals surface area contributed by atoms with E-state index in [9.17, 15) is 5.11 Å². The quantitative estimate of drug-likeness (QED) is 0.366. The molecule has 1 nitrogen and oxygen atoms in total. The third kappa shape index (κ3) is 6.52. The first-order valence-electron chi connectivity index (χ1n) is 4.97. The molecule has 1 aliphatic carbocycles. The Morgan fingerprint density at radius 3 is 2.15 bits per heavy atom. The van der Waals surface area contributed by atoms with Crippen molar-refractivity contribution in [3.05, 3.63) is 0 Å². The molecule has 1 fully saturated rings. The van der Waals surface area contributed by atoms with Crippen LogP contribution >= 0.6 is 0 Å². The maximum Gasteiger partial charge on any atom is 2.00 e. The van der Waals surface area contributed by atoms with Gasteiger partial charge in [-0.05, 0) is 0 Å². The molecule has 0 aliphatic heterocycles. The third-order valence-electron chi connectivity index (χ3n) is 2.75. The summed E-state index contributed by atoms with van der Waals surface area (Å²) in [5.41, 5.74) is -0.505. The van der Waals surface area contributed by atoms with E-state index < -0.39 is 5.60 Å². The van der Waals surface area contributed by atoms with Crippen LogP contribution < -0.4 is 29.1 Å². The van der Waals surface area contributed by atoms with E-state index in [4.69, 9.17) is 0 Å². The van der Waals surface area contributed by atoms with E-state index in [0.29, 0.717) is 0 Å². The Morgan fingerprint density at radius 2 is 1.69 bits per heavy atom. The predicted molar refractivity (Wildman–Crippen MR) is 51.1 cm³/mol. The van der Waals surface area contributed by atoms with E-state index in [0.717, 1.165) is 25.7 Å². The van der Waals surface area contributed by atoms with Crippen LogP contribution in [0.2, 0.25) is 0 Å². The van der Waals surface area contributed by atoms with Crippen molar-refractivity contribution < 1.29 is 29.1 Å². The first kappa shape index (κ1) is 16.9. The third-order valence-corrected chi connectivity index (χ3v) is 2.75. The minimum absolute atomic E-state index is 0. The van der Waals surface area contributed by atoms with Crippen LogP contribution in [-0.4, -0.2) is 28.7 Å². The van der Waals surface area contributed by atoms with Crippen molar-refractivity contribution in [3.63, 3.8) is 0 Å². The first-order valence-corrected chi connectivity index (χ1v) is 4.97. The molecule has 0 aromatic carbocycles. The minimum Gasteiger partial charge on any atom is -1.00 e. The Labute approximate surface area is 115 Å². The van der Waals surface area contributed by atoms with Crippen molar-refractivity contribution in [1.29, 1.82) is 0 Å². The standard InChI is InChI=1S/C10H19O.HI.Mg/c1-2-3-4-7-10(11)8-5-6-9-10;;/h2-9H2,1H3;1H;/q-1;;+2/p-1. The van der Waals surface area contributed by atoms with E-state index in [1.165, 1.54) is 25.7 Å². The number of halogens is 1. The average molecular weight is 306 g/mol. The molecule has 0 saturated heterocycles. The number of unbranched alkanes of at least 4 members (excludes halogenated alkanes) is 2. The smallest absolute Gasteiger partial charge is 1.00 e. The molecular weight excluding hydrogens is 287 g/mol. The molecule has 0 spiro atoms. The summed E-state index contributed by atoms with van der Waals surface area (Å²) >= 11 is 0. The number of hydrogen-bond acceptors (Lipinski definition) is 1. The second-order valence-electron chi connectivity index (χ2n) is 3.85. The zero-order valence-electron chi connectivity index (χ0n) is 8.65. The van der Waals surface area contributed by atoms with Crippen LogP contribution in [0.1, 0.15) is 58.3 Å². The Hall–Kier alpha value is 1.46. The molecule has 74 valence electrons. The van der Waals surface area contributed by atoms with Gasteiger partial charge in [0.25, 0.3) is 0 Å². The summed E-state index contributed by atoms with van der Waals surface area (Å²) in [5.74, 6) is 0. The second kappa shape index (κ2) is 8.74. The van der Waals surface area contributed by atoms with Gasteiger partial charge in [0.05, 0.1) is 0 Å². The van der Waals surface area contributed by atoms with Crippen LogP contribution in [0.15, 0.2) is 0 Å². The van der Waals surface area contributed by atoms with Crippen LogP contribution in [0, 0.1) is 0 Å². The van der Waals surface area contributed by atoms with Gasteiger partial charge in [0.15, 0.2) is 0 Å². The molecule has 0 N–H and O–H groups in total. The van der Waals surface area contributed by atoms with Crippen molar-refractivity contribution >= 4 is 23.1 Å². The molecule has 0 unspecified atom stereocenters. The van der Waals surface area contributed by atoms with E-state index in [2.05, 4.69) is 6.92 Å². The van der Waals surface area contributed by atoms with Crippen LogP contribution in [0.4, 0.5) is 0 Å². The zero-order chi connectivity index (χ0) is 8.16. The summed E-state index contributed by atoms with van der Waals surface area (Å²) in [5, 5.41) is 11.8. The topological polar surface area (TPSA) is 23.1 Å². The maximum atomic E-state index is 11.8. The molecule has 1 aliphatic rings. The van der Waals surface area contributed by atoms with Crippen LogP contribution in [-0.2, 0) is 0 Å². The van der Waals surface area contributed by atoms with E-state index >= 15 is 0 Å². The summed E-state index contributed by atoms with van der Waals surface area (Å²) in [6, 6.07) is 0. The molecule has 0 atom stereocenters. The van der Waals surface area contributed by atoms with Gasteiger partial charge in [-0.1, -0.05) is 58.3 Å². The zero-order valence-corrected chi connectivity index (χ0v) is 12.2. The molecule has 0 radical (unpaired) electrons. The molecule has 13 heavy (non-hydrogen) atoms. The molecule has 3 heteroatoms. The van der Waals surface area contributed by atoms with Gasteiger partial charge in [0.1, 0.15) is 0 Å². The van der Waals surface area contributed by atoms with Crippen molar-refractivity contribution in [1.82, 2.24) is 0 Å². The average Bonchev–Trinajstić information content (AvgIpc) is 2.38. The molecule has 0 bridgehead atoms. The summed E-state index contributed by atoms with van der Waals surface area (Å²) in [6.07, 6.45) is 8.79. The maximum absolute atomic E-state index is 11.8. The fourth-order valence-electron chi connectivity index (χ4n) is 1.97. The Kier molecular flexibility index (Phi) is 11.3. The summed E-state index contributed by atoms with van der Waals surface area (Å²) in [6.45, 7) is 2.19. The molecule has 1 saturated carbocycles. The van der Waals surface area contributed by atoms with Gasteiger partial charge in [-0.25, -0.2) is 0 Å². The summed E-state index contributed by atoms with van der Waals surface area (Å²) in [4.78, 5) is 0. The number of hydrogen-bond donors (Lipinski definition) is 0. The molecule has 0 aromatic rings. The van der Waals surface area contributed by atoms with Gasteiger partial charge >= 0.3 is 23.1 Å². The molecule has 1 rings (SSSR count). The normalized spacial score (nSPS) is 18.9. The summed E-state index contributed by atoms with van der Waals surface area (Å²) < 4.78 is 0. The van der Waals surface area contributed by atoms with Crippen LogP contribution in [0.25, 0.3) is 0 Å². The van der Waals surface area contributed by atoms with Crippen molar-refractivity contribution in [2.24, 2.45) is 0 Å². The van der Waals surface area contributed by atoms with Crippen LogP contribution in [0.3, 0.4) is 0 Å². The fourth-order valence-corrected chi connectivity index (χ4v) is 1.97. The van der Waals surface area contributed by atoms with Gasteiger partial charge in [-0.2, -0.15) is 0 Å². The predicted octanol–water partition coefficient (Wildman–Crippen LogP) is -1.14. The number of rotatable bonds is 4. The molecule has 0 aromatic heterocycles. The van der Waals surface area contributed by atoms with Gasteiger partial charge in [0, 0.05) is 0 Å². The van der Waals surface area contributed by atoms with E-state index in [1.54, 1.807) is 0 Å². The van der Waals surface area contributed by atoms with E-state index in [-0.39, 0.29) is 47.0 Å². The van der Waals surface area contributed by atoms with E-state index in [1.807, 2.05) is 0 Å². The van der Waals surface area contributed by atoms with Gasteiger partial charge < -0.3 is 29.1 Å². The van der Waals surface area contributed by atoms with Crippen molar-refractivity contribution in [2.45, 2.75) is 63.9 Å². The first-order chi connectivity index (χ1) is 5.27. The van der Waals surface area contributed by atoms with Crippen molar-refractivity contribution in [3.8, 4) is 0 Å². The monoisotopic (exact) mass is 306 g/mol. The van der Waals surface area contributed by atoms with Gasteiger partial charge in [-0.3, -0.25) is 0 Å². The largest absolute Gasteiger partial charge is 2.00 e. The summed E-state index contributed by atoms with van der Waals surface area (Å²) in [7, 11) is 0. The second-order valence-corrected chi connectivity index (χ2v) is 3.85.